The summed E-state index contributed by atoms with van der Waals surface area (Å²) in [7, 11) is 0. The lowest BCUT2D eigenvalue weighted by Crippen LogP contribution is -2.33. The summed E-state index contributed by atoms with van der Waals surface area (Å²) in [6.07, 6.45) is 2.59. The van der Waals surface area contributed by atoms with Crippen LogP contribution in [0.25, 0.3) is 0 Å². The smallest absolute Gasteiger partial charge is 0.335 e. The van der Waals surface area contributed by atoms with Gasteiger partial charge in [0.2, 0.25) is 5.91 Å². The SMILES string of the molecule is CCCN(CCc1cccs1)C(=O)CCc1ccccc1C(=O)O. The van der Waals surface area contributed by atoms with Gasteiger partial charge in [0.15, 0.2) is 0 Å². The van der Waals surface area contributed by atoms with Crippen LogP contribution in [0.2, 0.25) is 0 Å². The first-order chi connectivity index (χ1) is 11.6. The van der Waals surface area contributed by atoms with Gasteiger partial charge < -0.3 is 10.0 Å². The van der Waals surface area contributed by atoms with Crippen LogP contribution in [0.4, 0.5) is 0 Å². The molecule has 1 aromatic carbocycles. The summed E-state index contributed by atoms with van der Waals surface area (Å²) in [6, 6.07) is 11.0. The van der Waals surface area contributed by atoms with E-state index in [0.29, 0.717) is 24.9 Å². The molecule has 24 heavy (non-hydrogen) atoms. The van der Waals surface area contributed by atoms with Crippen LogP contribution in [0.15, 0.2) is 41.8 Å². The molecule has 2 aromatic rings. The van der Waals surface area contributed by atoms with Gasteiger partial charge in [-0.05, 0) is 42.3 Å². The zero-order chi connectivity index (χ0) is 17.4. The van der Waals surface area contributed by atoms with E-state index in [9.17, 15) is 14.7 Å². The average molecular weight is 345 g/mol. The van der Waals surface area contributed by atoms with Crippen molar-refractivity contribution in [2.24, 2.45) is 0 Å². The van der Waals surface area contributed by atoms with Gasteiger partial charge in [-0.2, -0.15) is 0 Å². The lowest BCUT2D eigenvalue weighted by molar-refractivity contribution is -0.131. The van der Waals surface area contributed by atoms with Gasteiger partial charge >= 0.3 is 5.97 Å². The first-order valence-corrected chi connectivity index (χ1v) is 9.11. The van der Waals surface area contributed by atoms with E-state index < -0.39 is 5.97 Å². The van der Waals surface area contributed by atoms with E-state index in [-0.39, 0.29) is 11.5 Å². The summed E-state index contributed by atoms with van der Waals surface area (Å²) < 4.78 is 0. The zero-order valence-corrected chi connectivity index (χ0v) is 14.7. The fourth-order valence-electron chi connectivity index (χ4n) is 2.68. The maximum atomic E-state index is 12.5. The molecule has 1 aromatic heterocycles. The highest BCUT2D eigenvalue weighted by Crippen LogP contribution is 2.14. The predicted octanol–water partition coefficient (Wildman–Crippen LogP) is 3.86. The van der Waals surface area contributed by atoms with Crippen LogP contribution in [-0.4, -0.2) is 35.0 Å². The molecule has 1 heterocycles. The van der Waals surface area contributed by atoms with Crippen LogP contribution < -0.4 is 0 Å². The van der Waals surface area contributed by atoms with E-state index >= 15 is 0 Å². The van der Waals surface area contributed by atoms with Crippen molar-refractivity contribution in [1.29, 1.82) is 0 Å². The van der Waals surface area contributed by atoms with Crippen molar-refractivity contribution in [3.05, 3.63) is 57.8 Å². The number of hydrogen-bond acceptors (Lipinski definition) is 3. The minimum atomic E-state index is -0.943. The standard InChI is InChI=1S/C19H23NO3S/c1-2-12-20(13-11-16-7-5-14-24-16)18(21)10-9-15-6-3-4-8-17(15)19(22)23/h3-8,14H,2,9-13H2,1H3,(H,22,23). The van der Waals surface area contributed by atoms with Crippen LogP contribution in [0.3, 0.4) is 0 Å². The third kappa shape index (κ3) is 5.20. The molecule has 0 spiro atoms. The Kier molecular flexibility index (Phi) is 7.00. The van der Waals surface area contributed by atoms with Gasteiger partial charge in [0.05, 0.1) is 5.56 Å². The molecule has 0 aliphatic rings. The number of aryl methyl sites for hydroxylation is 1. The summed E-state index contributed by atoms with van der Waals surface area (Å²) in [6.45, 7) is 3.52. The molecular formula is C19H23NO3S. The van der Waals surface area contributed by atoms with E-state index in [1.165, 1.54) is 4.88 Å². The Morgan fingerprint density at radius 2 is 1.88 bits per heavy atom. The van der Waals surface area contributed by atoms with E-state index in [2.05, 4.69) is 13.0 Å². The van der Waals surface area contributed by atoms with Crippen molar-refractivity contribution < 1.29 is 14.7 Å². The van der Waals surface area contributed by atoms with Gasteiger partial charge in [0, 0.05) is 24.4 Å². The number of carboxylic acids is 1. The third-order valence-electron chi connectivity index (χ3n) is 3.91. The second-order valence-electron chi connectivity index (χ2n) is 5.67. The molecule has 4 nitrogen and oxygen atoms in total. The Hall–Kier alpha value is -2.14. The van der Waals surface area contributed by atoms with E-state index in [1.807, 2.05) is 22.4 Å². The number of benzene rings is 1. The Morgan fingerprint density at radius 1 is 1.08 bits per heavy atom. The molecular weight excluding hydrogens is 322 g/mol. The molecule has 0 radical (unpaired) electrons. The summed E-state index contributed by atoms with van der Waals surface area (Å²) in [5, 5.41) is 11.3. The number of rotatable bonds is 9. The van der Waals surface area contributed by atoms with Crippen LogP contribution in [0, 0.1) is 0 Å². The predicted molar refractivity (Wildman–Crippen MR) is 96.6 cm³/mol. The highest BCUT2D eigenvalue weighted by molar-refractivity contribution is 7.09. The Labute approximate surface area is 146 Å². The number of carbonyl (C=O) groups is 2. The third-order valence-corrected chi connectivity index (χ3v) is 4.85. The highest BCUT2D eigenvalue weighted by atomic mass is 32.1. The fourth-order valence-corrected chi connectivity index (χ4v) is 3.38. The van der Waals surface area contributed by atoms with Gasteiger partial charge in [-0.15, -0.1) is 11.3 Å². The lowest BCUT2D eigenvalue weighted by atomic mass is 10.0. The summed E-state index contributed by atoms with van der Waals surface area (Å²) in [5.41, 5.74) is 0.999. The molecule has 0 fully saturated rings. The van der Waals surface area contributed by atoms with Gasteiger partial charge in [0.1, 0.15) is 0 Å². The Bertz CT molecular complexity index is 667. The highest BCUT2D eigenvalue weighted by Gasteiger charge is 2.15. The minimum absolute atomic E-state index is 0.0913. The van der Waals surface area contributed by atoms with E-state index in [4.69, 9.17) is 0 Å². The molecule has 1 amide bonds. The number of carboxylic acid groups (broad SMARTS) is 1. The number of aromatic carboxylic acids is 1. The average Bonchev–Trinajstić information content (AvgIpc) is 3.10. The lowest BCUT2D eigenvalue weighted by Gasteiger charge is -2.22. The molecule has 0 unspecified atom stereocenters. The van der Waals surface area contributed by atoms with Crippen LogP contribution in [0.1, 0.15) is 40.6 Å². The molecule has 0 saturated carbocycles. The van der Waals surface area contributed by atoms with Gasteiger partial charge in [-0.1, -0.05) is 31.2 Å². The molecule has 0 saturated heterocycles. The van der Waals surface area contributed by atoms with Crippen molar-refractivity contribution >= 4 is 23.2 Å². The molecule has 2 rings (SSSR count). The van der Waals surface area contributed by atoms with Gasteiger partial charge in [-0.25, -0.2) is 4.79 Å². The molecule has 1 N–H and O–H groups in total. The maximum Gasteiger partial charge on any atom is 0.335 e. The maximum absolute atomic E-state index is 12.5. The molecule has 0 aliphatic carbocycles. The second kappa shape index (κ2) is 9.23. The molecule has 0 aliphatic heterocycles. The number of carbonyl (C=O) groups excluding carboxylic acids is 1. The Balaban J connectivity index is 1.94. The monoisotopic (exact) mass is 345 g/mol. The first kappa shape index (κ1) is 18.2. The van der Waals surface area contributed by atoms with Crippen LogP contribution in [-0.2, 0) is 17.6 Å². The largest absolute Gasteiger partial charge is 0.478 e. The van der Waals surface area contributed by atoms with E-state index in [1.54, 1.807) is 29.5 Å². The van der Waals surface area contributed by atoms with E-state index in [0.717, 1.165) is 19.4 Å². The van der Waals surface area contributed by atoms with Crippen molar-refractivity contribution in [1.82, 2.24) is 4.90 Å². The second-order valence-corrected chi connectivity index (χ2v) is 6.70. The minimum Gasteiger partial charge on any atom is -0.478 e. The quantitative estimate of drug-likeness (QED) is 0.751. The summed E-state index contributed by atoms with van der Waals surface area (Å²) >= 11 is 1.71. The topological polar surface area (TPSA) is 57.6 Å². The van der Waals surface area contributed by atoms with Gasteiger partial charge in [0.25, 0.3) is 0 Å². The van der Waals surface area contributed by atoms with Crippen molar-refractivity contribution in [3.8, 4) is 0 Å². The summed E-state index contributed by atoms with van der Waals surface area (Å²) in [4.78, 5) is 26.9. The summed E-state index contributed by atoms with van der Waals surface area (Å²) in [5.74, 6) is -0.852. The van der Waals surface area contributed by atoms with Crippen LogP contribution >= 0.6 is 11.3 Å². The molecule has 5 heteroatoms. The van der Waals surface area contributed by atoms with Crippen molar-refractivity contribution in [2.45, 2.75) is 32.6 Å². The van der Waals surface area contributed by atoms with Crippen LogP contribution in [0.5, 0.6) is 0 Å². The fraction of sp³-hybridized carbons (Fsp3) is 0.368. The first-order valence-electron chi connectivity index (χ1n) is 8.23. The number of nitrogens with zero attached hydrogens (tertiary/aromatic N) is 1. The molecule has 128 valence electrons. The number of amides is 1. The molecule has 0 bridgehead atoms. The number of hydrogen-bond donors (Lipinski definition) is 1. The Morgan fingerprint density at radius 3 is 2.54 bits per heavy atom. The zero-order valence-electron chi connectivity index (χ0n) is 13.9. The normalized spacial score (nSPS) is 10.5. The molecule has 0 atom stereocenters. The van der Waals surface area contributed by atoms with Crippen molar-refractivity contribution in [2.75, 3.05) is 13.1 Å². The number of thiophene rings is 1. The van der Waals surface area contributed by atoms with Crippen molar-refractivity contribution in [3.63, 3.8) is 0 Å². The van der Waals surface area contributed by atoms with Gasteiger partial charge in [-0.3, -0.25) is 4.79 Å².